The summed E-state index contributed by atoms with van der Waals surface area (Å²) >= 11 is 0. The number of nitrogens with zero attached hydrogens (tertiary/aromatic N) is 1. The molecule has 1 aromatic rings. The zero-order chi connectivity index (χ0) is 17.1. The minimum absolute atomic E-state index is 0.0414. The second-order valence-corrected chi connectivity index (χ2v) is 7.95. The molecule has 8 heteroatoms. The lowest BCUT2D eigenvalue weighted by Crippen LogP contribution is -2.46. The van der Waals surface area contributed by atoms with E-state index in [1.165, 1.54) is 4.31 Å². The van der Waals surface area contributed by atoms with E-state index < -0.39 is 15.6 Å². The molecule has 0 aliphatic carbocycles. The molecule has 0 unspecified atom stereocenters. The fourth-order valence-corrected chi connectivity index (χ4v) is 3.95. The summed E-state index contributed by atoms with van der Waals surface area (Å²) in [7, 11) is -1.94. The highest BCUT2D eigenvalue weighted by Gasteiger charge is 2.40. The van der Waals surface area contributed by atoms with Crippen LogP contribution in [0.25, 0.3) is 0 Å². The van der Waals surface area contributed by atoms with Crippen LogP contribution in [-0.2, 0) is 14.8 Å². The van der Waals surface area contributed by atoms with Crippen LogP contribution in [0.1, 0.15) is 24.2 Å². The van der Waals surface area contributed by atoms with Gasteiger partial charge in [-0.1, -0.05) is 0 Å². The molecule has 1 fully saturated rings. The van der Waals surface area contributed by atoms with Gasteiger partial charge in [-0.05, 0) is 38.1 Å². The Kier molecular flexibility index (Phi) is 5.28. The third-order valence-corrected chi connectivity index (χ3v) is 5.66. The molecule has 0 saturated carbocycles. The van der Waals surface area contributed by atoms with E-state index >= 15 is 0 Å². The molecule has 1 aliphatic heterocycles. The maximum absolute atomic E-state index is 12.3. The van der Waals surface area contributed by atoms with Crippen molar-refractivity contribution >= 4 is 15.9 Å². The fraction of sp³-hybridized carbons (Fsp3) is 0.533. The van der Waals surface area contributed by atoms with Crippen molar-refractivity contribution in [1.29, 1.82) is 0 Å². The zero-order valence-electron chi connectivity index (χ0n) is 13.5. The van der Waals surface area contributed by atoms with Crippen molar-refractivity contribution in [3.8, 4) is 5.75 Å². The number of methoxy groups -OCH3 is 1. The summed E-state index contributed by atoms with van der Waals surface area (Å²) in [5.41, 5.74) is -0.105. The van der Waals surface area contributed by atoms with Crippen LogP contribution < -0.4 is 10.1 Å². The van der Waals surface area contributed by atoms with E-state index in [1.807, 2.05) is 13.8 Å². The van der Waals surface area contributed by atoms with Crippen molar-refractivity contribution in [2.24, 2.45) is 0 Å². The number of ether oxygens (including phenoxy) is 2. The van der Waals surface area contributed by atoms with Crippen molar-refractivity contribution in [2.45, 2.75) is 19.4 Å². The molecule has 1 heterocycles. The van der Waals surface area contributed by atoms with E-state index in [0.29, 0.717) is 17.9 Å². The first-order valence-electron chi connectivity index (χ1n) is 7.27. The van der Waals surface area contributed by atoms with Crippen LogP contribution in [0.4, 0.5) is 0 Å². The zero-order valence-corrected chi connectivity index (χ0v) is 14.4. The van der Waals surface area contributed by atoms with Gasteiger partial charge in [0.15, 0.2) is 0 Å². The van der Waals surface area contributed by atoms with Crippen LogP contribution in [0.2, 0.25) is 0 Å². The molecule has 128 valence electrons. The number of hydrogen-bond acceptors (Lipinski definition) is 5. The van der Waals surface area contributed by atoms with Crippen LogP contribution in [0.3, 0.4) is 0 Å². The SMILES string of the molecule is COc1ccc(C(=O)NCCS(=O)(=O)N2COCC2(C)C)cc1. The maximum atomic E-state index is 12.3. The second-order valence-electron chi connectivity index (χ2n) is 5.94. The first-order chi connectivity index (χ1) is 10.8. The van der Waals surface area contributed by atoms with Gasteiger partial charge in [-0.3, -0.25) is 4.79 Å². The lowest BCUT2D eigenvalue weighted by molar-refractivity contribution is 0.0956. The number of benzene rings is 1. The first kappa shape index (κ1) is 17.7. The van der Waals surface area contributed by atoms with Gasteiger partial charge in [0, 0.05) is 12.1 Å². The third kappa shape index (κ3) is 4.21. The smallest absolute Gasteiger partial charge is 0.251 e. The number of carbonyl (C=O) groups excluding carboxylic acids is 1. The van der Waals surface area contributed by atoms with E-state index in [0.717, 1.165) is 0 Å². The van der Waals surface area contributed by atoms with Gasteiger partial charge < -0.3 is 14.8 Å². The van der Waals surface area contributed by atoms with Crippen LogP contribution in [0.5, 0.6) is 5.75 Å². The number of nitrogens with one attached hydrogen (secondary N) is 1. The topological polar surface area (TPSA) is 84.9 Å². The molecule has 0 atom stereocenters. The quantitative estimate of drug-likeness (QED) is 0.827. The summed E-state index contributed by atoms with van der Waals surface area (Å²) < 4.78 is 36.2. The number of hydrogen-bond donors (Lipinski definition) is 1. The molecular formula is C15H22N2O5S. The van der Waals surface area contributed by atoms with Crippen molar-refractivity contribution in [3.05, 3.63) is 29.8 Å². The molecular weight excluding hydrogens is 320 g/mol. The van der Waals surface area contributed by atoms with Gasteiger partial charge in [0.2, 0.25) is 10.0 Å². The number of amides is 1. The highest BCUT2D eigenvalue weighted by atomic mass is 32.2. The summed E-state index contributed by atoms with van der Waals surface area (Å²) in [5.74, 6) is 0.169. The molecule has 1 aliphatic rings. The van der Waals surface area contributed by atoms with E-state index in [9.17, 15) is 13.2 Å². The molecule has 1 saturated heterocycles. The van der Waals surface area contributed by atoms with Crippen molar-refractivity contribution in [2.75, 3.05) is 32.7 Å². The monoisotopic (exact) mass is 342 g/mol. The predicted octanol–water partition coefficient (Wildman–Crippen LogP) is 0.823. The first-order valence-corrected chi connectivity index (χ1v) is 8.88. The lowest BCUT2D eigenvalue weighted by Gasteiger charge is -2.28. The van der Waals surface area contributed by atoms with Gasteiger partial charge in [-0.2, -0.15) is 4.31 Å². The van der Waals surface area contributed by atoms with Crippen LogP contribution in [0, 0.1) is 0 Å². The van der Waals surface area contributed by atoms with Gasteiger partial charge in [0.1, 0.15) is 12.5 Å². The van der Waals surface area contributed by atoms with E-state index in [1.54, 1.807) is 31.4 Å². The van der Waals surface area contributed by atoms with Crippen LogP contribution in [-0.4, -0.2) is 56.9 Å². The molecule has 0 aromatic heterocycles. The van der Waals surface area contributed by atoms with E-state index in [-0.39, 0.29) is 24.9 Å². The summed E-state index contributed by atoms with van der Waals surface area (Å²) in [4.78, 5) is 12.0. The molecule has 0 bridgehead atoms. The second kappa shape index (κ2) is 6.86. The largest absolute Gasteiger partial charge is 0.497 e. The minimum atomic E-state index is -3.48. The van der Waals surface area contributed by atoms with Crippen molar-refractivity contribution in [3.63, 3.8) is 0 Å². The van der Waals surface area contributed by atoms with E-state index in [4.69, 9.17) is 9.47 Å². The highest BCUT2D eigenvalue weighted by molar-refractivity contribution is 7.89. The molecule has 1 N–H and O–H groups in total. The van der Waals surface area contributed by atoms with Crippen LogP contribution in [0.15, 0.2) is 24.3 Å². The molecule has 0 spiro atoms. The Bertz CT molecular complexity index is 655. The molecule has 2 rings (SSSR count). The minimum Gasteiger partial charge on any atom is -0.497 e. The summed E-state index contributed by atoms with van der Waals surface area (Å²) in [6.45, 7) is 4.09. The normalized spacial score (nSPS) is 17.9. The molecule has 1 amide bonds. The Morgan fingerprint density at radius 1 is 1.35 bits per heavy atom. The Morgan fingerprint density at radius 2 is 2.00 bits per heavy atom. The Labute approximate surface area is 136 Å². The van der Waals surface area contributed by atoms with Crippen LogP contribution >= 0.6 is 0 Å². The Balaban J connectivity index is 1.89. The maximum Gasteiger partial charge on any atom is 0.251 e. The fourth-order valence-electron chi connectivity index (χ4n) is 2.33. The standard InChI is InChI=1S/C15H22N2O5S/c1-15(2)10-22-11-17(15)23(19,20)9-8-16-14(18)12-4-6-13(21-3)7-5-12/h4-7H,8-11H2,1-3H3,(H,16,18). The van der Waals surface area contributed by atoms with Gasteiger partial charge in [-0.25, -0.2) is 8.42 Å². The Morgan fingerprint density at radius 3 is 2.52 bits per heavy atom. The van der Waals surface area contributed by atoms with Gasteiger partial charge in [0.05, 0.1) is 25.0 Å². The van der Waals surface area contributed by atoms with Gasteiger partial charge in [-0.15, -0.1) is 0 Å². The predicted molar refractivity (Wildman–Crippen MR) is 85.9 cm³/mol. The molecule has 0 radical (unpaired) electrons. The highest BCUT2D eigenvalue weighted by Crippen LogP contribution is 2.25. The summed E-state index contributed by atoms with van der Waals surface area (Å²) in [5, 5.41) is 2.62. The van der Waals surface area contributed by atoms with E-state index in [2.05, 4.69) is 5.32 Å². The molecule has 1 aromatic carbocycles. The average molecular weight is 342 g/mol. The lowest BCUT2D eigenvalue weighted by atomic mass is 10.1. The summed E-state index contributed by atoms with van der Waals surface area (Å²) in [6.07, 6.45) is 0. The van der Waals surface area contributed by atoms with Gasteiger partial charge in [0.25, 0.3) is 5.91 Å². The third-order valence-electron chi connectivity index (χ3n) is 3.67. The van der Waals surface area contributed by atoms with Crippen molar-refractivity contribution < 1.29 is 22.7 Å². The number of sulfonamides is 1. The van der Waals surface area contributed by atoms with Crippen molar-refractivity contribution in [1.82, 2.24) is 9.62 Å². The Hall–Kier alpha value is -1.64. The molecule has 7 nitrogen and oxygen atoms in total. The summed E-state index contributed by atoms with van der Waals surface area (Å²) in [6, 6.07) is 6.60. The van der Waals surface area contributed by atoms with Gasteiger partial charge >= 0.3 is 0 Å². The molecule has 23 heavy (non-hydrogen) atoms. The average Bonchev–Trinajstić information content (AvgIpc) is 2.87. The number of rotatable bonds is 6. The number of carbonyl (C=O) groups is 1.